The van der Waals surface area contributed by atoms with E-state index in [1.807, 2.05) is 60.4 Å². The fourth-order valence-electron chi connectivity index (χ4n) is 4.69. The Morgan fingerprint density at radius 1 is 1.18 bits per heavy atom. The van der Waals surface area contributed by atoms with Crippen LogP contribution in [0.25, 0.3) is 11.3 Å². The minimum Gasteiger partial charge on any atom is -0.496 e. The maximum Gasteiger partial charge on any atom is 0.273 e. The number of anilines is 1. The van der Waals surface area contributed by atoms with Crippen LogP contribution in [0.15, 0.2) is 83.4 Å². The van der Waals surface area contributed by atoms with Gasteiger partial charge < -0.3 is 24.7 Å². The van der Waals surface area contributed by atoms with Gasteiger partial charge in [0.1, 0.15) is 23.3 Å². The molecule has 5 rings (SSSR count). The first-order valence-corrected chi connectivity index (χ1v) is 13.0. The molecular formula is C29H27N5O5S. The van der Waals surface area contributed by atoms with Gasteiger partial charge in [0.25, 0.3) is 5.69 Å². The van der Waals surface area contributed by atoms with E-state index in [2.05, 4.69) is 15.6 Å². The number of carbonyl (C=O) groups excluding carboxylic acids is 1. The molecule has 0 bridgehead atoms. The summed E-state index contributed by atoms with van der Waals surface area (Å²) in [4.78, 5) is 30.0. The number of nitro benzene ring substituents is 1. The lowest BCUT2D eigenvalue weighted by atomic mass is 10.0. The minimum absolute atomic E-state index is 0.0805. The molecule has 1 aliphatic heterocycles. The molecule has 204 valence electrons. The van der Waals surface area contributed by atoms with Crippen molar-refractivity contribution in [2.45, 2.75) is 25.4 Å². The van der Waals surface area contributed by atoms with Gasteiger partial charge in [-0.05, 0) is 61.6 Å². The van der Waals surface area contributed by atoms with E-state index in [1.165, 1.54) is 19.2 Å². The quantitative estimate of drug-likeness (QED) is 0.154. The molecule has 40 heavy (non-hydrogen) atoms. The van der Waals surface area contributed by atoms with E-state index in [0.717, 1.165) is 16.9 Å². The molecule has 11 heteroatoms. The largest absolute Gasteiger partial charge is 0.496 e. The maximum atomic E-state index is 12.8. The van der Waals surface area contributed by atoms with Crippen LogP contribution in [-0.2, 0) is 4.79 Å². The summed E-state index contributed by atoms with van der Waals surface area (Å²) in [5.41, 5.74) is 3.11. The van der Waals surface area contributed by atoms with Crippen LogP contribution in [0.3, 0.4) is 0 Å². The number of hydrogen-bond donors (Lipinski definition) is 2. The molecule has 0 aliphatic carbocycles. The van der Waals surface area contributed by atoms with Gasteiger partial charge in [0, 0.05) is 30.9 Å². The molecule has 1 saturated heterocycles. The van der Waals surface area contributed by atoms with Crippen LogP contribution >= 0.6 is 12.2 Å². The molecule has 2 N–H and O–H groups in total. The third-order valence-electron chi connectivity index (χ3n) is 6.69. The molecule has 0 spiro atoms. The molecule has 2 aromatic heterocycles. The number of hydrogen-bond acceptors (Lipinski definition) is 7. The summed E-state index contributed by atoms with van der Waals surface area (Å²) in [6.07, 6.45) is 1.91. The van der Waals surface area contributed by atoms with Crippen LogP contribution in [-0.4, -0.2) is 39.5 Å². The Morgan fingerprint density at radius 3 is 2.67 bits per heavy atom. The van der Waals surface area contributed by atoms with Crippen molar-refractivity contribution < 1.29 is 18.9 Å². The average molecular weight is 558 g/mol. The number of aryl methyl sites for hydroxylation is 1. The Labute approximate surface area is 236 Å². The van der Waals surface area contributed by atoms with E-state index in [9.17, 15) is 14.9 Å². The summed E-state index contributed by atoms with van der Waals surface area (Å²) in [5, 5.41) is 18.0. The first-order valence-electron chi connectivity index (χ1n) is 12.6. The number of ether oxygens (including phenoxy) is 1. The number of methoxy groups -OCH3 is 1. The Bertz CT molecular complexity index is 1540. The molecule has 0 saturated carbocycles. The van der Waals surface area contributed by atoms with Gasteiger partial charge in [0.15, 0.2) is 5.11 Å². The van der Waals surface area contributed by atoms with Crippen LogP contribution in [0, 0.1) is 17.0 Å². The lowest BCUT2D eigenvalue weighted by Crippen LogP contribution is -2.32. The zero-order chi connectivity index (χ0) is 28.2. The second-order valence-electron chi connectivity index (χ2n) is 9.33. The minimum atomic E-state index is -0.477. The second-order valence-corrected chi connectivity index (χ2v) is 9.71. The smallest absolute Gasteiger partial charge is 0.273 e. The molecule has 2 atom stereocenters. The molecule has 1 amide bonds. The molecule has 1 aliphatic rings. The van der Waals surface area contributed by atoms with Gasteiger partial charge >= 0.3 is 0 Å². The standard InChI is InChI=1S/C29H27N5O5S/c1-18-6-8-19(9-7-18)31-26(35)14-16-33-28(27(32-29(33)40)22-5-3-4-15-30-22)24-13-12-23(39-24)21-11-10-20(34(36)37)17-25(21)38-2/h3-13,15,17,27-28H,14,16H2,1-2H3,(H,31,35)(H,32,40)/t27-,28+/m1/s1. The summed E-state index contributed by atoms with van der Waals surface area (Å²) in [5.74, 6) is 1.26. The molecule has 1 fully saturated rings. The first-order chi connectivity index (χ1) is 19.3. The van der Waals surface area contributed by atoms with Gasteiger partial charge in [0.05, 0.1) is 35.4 Å². The van der Waals surface area contributed by atoms with Crippen molar-refractivity contribution in [2.24, 2.45) is 0 Å². The van der Waals surface area contributed by atoms with Crippen molar-refractivity contribution in [1.82, 2.24) is 15.2 Å². The van der Waals surface area contributed by atoms with E-state index in [4.69, 9.17) is 21.4 Å². The third-order valence-corrected chi connectivity index (χ3v) is 7.04. The van der Waals surface area contributed by atoms with Crippen LogP contribution in [0.1, 0.15) is 35.5 Å². The number of nitro groups is 1. The van der Waals surface area contributed by atoms with Crippen molar-refractivity contribution in [2.75, 3.05) is 19.0 Å². The van der Waals surface area contributed by atoms with E-state index >= 15 is 0 Å². The zero-order valence-corrected chi connectivity index (χ0v) is 22.7. The van der Waals surface area contributed by atoms with Gasteiger partial charge in [-0.2, -0.15) is 0 Å². The number of aromatic nitrogens is 1. The van der Waals surface area contributed by atoms with Gasteiger partial charge in [-0.25, -0.2) is 0 Å². The molecule has 3 heterocycles. The highest BCUT2D eigenvalue weighted by molar-refractivity contribution is 7.80. The van der Waals surface area contributed by atoms with Gasteiger partial charge in [-0.3, -0.25) is 19.9 Å². The predicted molar refractivity (Wildman–Crippen MR) is 154 cm³/mol. The van der Waals surface area contributed by atoms with E-state index in [-0.39, 0.29) is 24.1 Å². The fourth-order valence-corrected chi connectivity index (χ4v) is 5.02. The number of carbonyl (C=O) groups is 1. The second kappa shape index (κ2) is 11.5. The topological polar surface area (TPSA) is 123 Å². The van der Waals surface area contributed by atoms with Gasteiger partial charge in [-0.1, -0.05) is 23.8 Å². The Balaban J connectivity index is 1.42. The molecule has 4 aromatic rings. The number of benzene rings is 2. The molecule has 10 nitrogen and oxygen atoms in total. The first kappa shape index (κ1) is 26.8. The number of non-ortho nitro benzene ring substituents is 1. The molecular weight excluding hydrogens is 530 g/mol. The van der Waals surface area contributed by atoms with Crippen LogP contribution in [0.2, 0.25) is 0 Å². The average Bonchev–Trinajstić information content (AvgIpc) is 3.57. The van der Waals surface area contributed by atoms with Crippen molar-refractivity contribution in [3.8, 4) is 17.1 Å². The fraction of sp³-hybridized carbons (Fsp3) is 0.207. The molecule has 0 unspecified atom stereocenters. The summed E-state index contributed by atoms with van der Waals surface area (Å²) < 4.78 is 11.7. The van der Waals surface area contributed by atoms with E-state index in [0.29, 0.717) is 34.5 Å². The van der Waals surface area contributed by atoms with E-state index < -0.39 is 11.0 Å². The van der Waals surface area contributed by atoms with Crippen molar-refractivity contribution in [3.05, 3.63) is 106 Å². The number of thiocarbonyl (C=S) groups is 1. The van der Waals surface area contributed by atoms with Gasteiger partial charge in [-0.15, -0.1) is 0 Å². The van der Waals surface area contributed by atoms with Crippen LogP contribution in [0.4, 0.5) is 11.4 Å². The number of furan rings is 1. The predicted octanol–water partition coefficient (Wildman–Crippen LogP) is 5.57. The number of nitrogens with zero attached hydrogens (tertiary/aromatic N) is 3. The summed E-state index contributed by atoms with van der Waals surface area (Å²) in [7, 11) is 1.45. The van der Waals surface area contributed by atoms with Gasteiger partial charge in [0.2, 0.25) is 5.91 Å². The van der Waals surface area contributed by atoms with Crippen molar-refractivity contribution in [3.63, 3.8) is 0 Å². The Morgan fingerprint density at radius 2 is 1.98 bits per heavy atom. The lowest BCUT2D eigenvalue weighted by molar-refractivity contribution is -0.384. The third kappa shape index (κ3) is 5.64. The summed E-state index contributed by atoms with van der Waals surface area (Å²) in [6.45, 7) is 2.33. The van der Waals surface area contributed by atoms with Crippen molar-refractivity contribution in [1.29, 1.82) is 0 Å². The SMILES string of the molecule is COc1cc([N+](=O)[O-])ccc1-c1ccc([C@H]2[C@@H](c3ccccn3)NC(=S)N2CCC(=O)Nc2ccc(C)cc2)o1. The molecule has 2 aromatic carbocycles. The summed E-state index contributed by atoms with van der Waals surface area (Å²) in [6, 6.07) is 20.5. The molecule has 0 radical (unpaired) electrons. The van der Waals surface area contributed by atoms with E-state index in [1.54, 1.807) is 18.3 Å². The highest BCUT2D eigenvalue weighted by Gasteiger charge is 2.41. The Kier molecular flexibility index (Phi) is 7.74. The maximum absolute atomic E-state index is 12.8. The lowest BCUT2D eigenvalue weighted by Gasteiger charge is -2.25. The van der Waals surface area contributed by atoms with Crippen LogP contribution < -0.4 is 15.4 Å². The Hall–Kier alpha value is -4.77. The number of rotatable bonds is 9. The highest BCUT2D eigenvalue weighted by Crippen LogP contribution is 2.42. The summed E-state index contributed by atoms with van der Waals surface area (Å²) >= 11 is 5.70. The number of pyridine rings is 1. The van der Waals surface area contributed by atoms with Crippen LogP contribution in [0.5, 0.6) is 5.75 Å². The normalized spacial score (nSPS) is 16.4. The highest BCUT2D eigenvalue weighted by atomic mass is 32.1. The number of nitrogens with one attached hydrogen (secondary N) is 2. The monoisotopic (exact) mass is 557 g/mol. The van der Waals surface area contributed by atoms with Crippen molar-refractivity contribution >= 4 is 34.6 Å². The zero-order valence-electron chi connectivity index (χ0n) is 21.9. The number of amides is 1.